The van der Waals surface area contributed by atoms with Crippen molar-refractivity contribution in [1.29, 1.82) is 0 Å². The van der Waals surface area contributed by atoms with Crippen LogP contribution in [0.1, 0.15) is 54.4 Å². The second kappa shape index (κ2) is 8.92. The van der Waals surface area contributed by atoms with Crippen molar-refractivity contribution in [2.45, 2.75) is 32.7 Å². The fraction of sp³-hybridized carbons (Fsp3) is 0.368. The number of furan rings is 1. The molecular formula is C19H25N3O3. The Kier molecular flexibility index (Phi) is 6.62. The van der Waals surface area contributed by atoms with E-state index in [1.54, 1.807) is 12.1 Å². The average molecular weight is 343 g/mol. The Labute approximate surface area is 148 Å². The van der Waals surface area contributed by atoms with Crippen LogP contribution in [0.25, 0.3) is 0 Å². The van der Waals surface area contributed by atoms with Gasteiger partial charge >= 0.3 is 6.03 Å². The topological polar surface area (TPSA) is 83.4 Å². The highest BCUT2D eigenvalue weighted by Crippen LogP contribution is 2.18. The standard InChI is InChI=1S/C19H25N3O3/c1-13(2)15-6-8-16(9-7-15)14(3)22-19(24)21-11-10-20-18(23)17-5-4-12-25-17/h4-9,12-14H,10-11H2,1-3H3,(H,20,23)(H2,21,22,24)/t14-/m0/s1. The number of urea groups is 1. The first kappa shape index (κ1) is 18.6. The van der Waals surface area contributed by atoms with Gasteiger partial charge in [-0.1, -0.05) is 38.1 Å². The quantitative estimate of drug-likeness (QED) is 0.675. The molecule has 1 aromatic carbocycles. The van der Waals surface area contributed by atoms with Gasteiger partial charge in [-0.05, 0) is 36.1 Å². The number of benzene rings is 1. The Morgan fingerprint density at radius 2 is 1.60 bits per heavy atom. The number of rotatable bonds is 7. The zero-order valence-corrected chi connectivity index (χ0v) is 14.8. The molecule has 0 aliphatic carbocycles. The molecule has 3 amide bonds. The molecule has 1 atom stereocenters. The summed E-state index contributed by atoms with van der Waals surface area (Å²) in [4.78, 5) is 23.6. The van der Waals surface area contributed by atoms with Crippen LogP contribution in [-0.2, 0) is 0 Å². The van der Waals surface area contributed by atoms with Crippen molar-refractivity contribution in [3.05, 3.63) is 59.5 Å². The molecular weight excluding hydrogens is 318 g/mol. The summed E-state index contributed by atoms with van der Waals surface area (Å²) in [5.41, 5.74) is 2.32. The molecule has 2 aromatic rings. The lowest BCUT2D eigenvalue weighted by atomic mass is 10.00. The number of hydrogen-bond acceptors (Lipinski definition) is 3. The molecule has 0 saturated heterocycles. The molecule has 0 unspecified atom stereocenters. The van der Waals surface area contributed by atoms with Crippen molar-refractivity contribution in [3.8, 4) is 0 Å². The highest BCUT2D eigenvalue weighted by atomic mass is 16.3. The van der Waals surface area contributed by atoms with Crippen molar-refractivity contribution in [2.24, 2.45) is 0 Å². The second-order valence-corrected chi connectivity index (χ2v) is 6.18. The highest BCUT2D eigenvalue weighted by Gasteiger charge is 2.10. The molecule has 0 aliphatic heterocycles. The summed E-state index contributed by atoms with van der Waals surface area (Å²) in [6.45, 7) is 6.88. The molecule has 0 bridgehead atoms. The van der Waals surface area contributed by atoms with E-state index in [1.807, 2.05) is 19.1 Å². The summed E-state index contributed by atoms with van der Waals surface area (Å²) in [5, 5.41) is 8.26. The maximum Gasteiger partial charge on any atom is 0.315 e. The first-order valence-corrected chi connectivity index (χ1v) is 8.43. The molecule has 3 N–H and O–H groups in total. The van der Waals surface area contributed by atoms with Crippen LogP contribution in [0.4, 0.5) is 4.79 Å². The summed E-state index contributed by atoms with van der Waals surface area (Å²) in [6, 6.07) is 11.1. The molecule has 1 aromatic heterocycles. The lowest BCUT2D eigenvalue weighted by molar-refractivity contribution is 0.0926. The van der Waals surface area contributed by atoms with E-state index in [-0.39, 0.29) is 23.7 Å². The van der Waals surface area contributed by atoms with Gasteiger partial charge in [0.2, 0.25) is 0 Å². The van der Waals surface area contributed by atoms with E-state index in [4.69, 9.17) is 4.42 Å². The zero-order chi connectivity index (χ0) is 18.2. The van der Waals surface area contributed by atoms with Crippen molar-refractivity contribution < 1.29 is 14.0 Å². The molecule has 2 rings (SSSR count). The van der Waals surface area contributed by atoms with Crippen LogP contribution < -0.4 is 16.0 Å². The third-order valence-electron chi connectivity index (χ3n) is 3.89. The van der Waals surface area contributed by atoms with Crippen LogP contribution in [0.15, 0.2) is 47.1 Å². The molecule has 0 aliphatic rings. The third-order valence-corrected chi connectivity index (χ3v) is 3.89. The summed E-state index contributed by atoms with van der Waals surface area (Å²) in [6.07, 6.45) is 1.44. The lowest BCUT2D eigenvalue weighted by Crippen LogP contribution is -2.41. The Bertz CT molecular complexity index is 678. The molecule has 6 nitrogen and oxygen atoms in total. The largest absolute Gasteiger partial charge is 0.459 e. The van der Waals surface area contributed by atoms with E-state index >= 15 is 0 Å². The maximum atomic E-state index is 11.9. The van der Waals surface area contributed by atoms with E-state index in [2.05, 4.69) is 41.9 Å². The second-order valence-electron chi connectivity index (χ2n) is 6.18. The number of carbonyl (C=O) groups excluding carboxylic acids is 2. The summed E-state index contributed by atoms with van der Waals surface area (Å²) in [7, 11) is 0. The van der Waals surface area contributed by atoms with Crippen LogP contribution in [0.2, 0.25) is 0 Å². The summed E-state index contributed by atoms with van der Waals surface area (Å²) >= 11 is 0. The molecule has 134 valence electrons. The van der Waals surface area contributed by atoms with Gasteiger partial charge in [0, 0.05) is 13.1 Å². The molecule has 25 heavy (non-hydrogen) atoms. The molecule has 6 heteroatoms. The normalized spacial score (nSPS) is 11.8. The highest BCUT2D eigenvalue weighted by molar-refractivity contribution is 5.91. The Balaban J connectivity index is 1.69. The predicted molar refractivity (Wildman–Crippen MR) is 96.5 cm³/mol. The minimum absolute atomic E-state index is 0.0982. The average Bonchev–Trinajstić information content (AvgIpc) is 3.13. The van der Waals surface area contributed by atoms with Gasteiger partial charge in [-0.25, -0.2) is 4.79 Å². The van der Waals surface area contributed by atoms with Crippen molar-refractivity contribution in [3.63, 3.8) is 0 Å². The maximum absolute atomic E-state index is 11.9. The summed E-state index contributed by atoms with van der Waals surface area (Å²) < 4.78 is 4.99. The molecule has 0 fully saturated rings. The first-order chi connectivity index (χ1) is 12.0. The Morgan fingerprint density at radius 3 is 2.20 bits per heavy atom. The number of amides is 3. The number of carbonyl (C=O) groups is 2. The van der Waals surface area contributed by atoms with Gasteiger partial charge in [0.1, 0.15) is 0 Å². The van der Waals surface area contributed by atoms with Gasteiger partial charge in [-0.15, -0.1) is 0 Å². The van der Waals surface area contributed by atoms with E-state index < -0.39 is 0 Å². The van der Waals surface area contributed by atoms with Crippen LogP contribution >= 0.6 is 0 Å². The SMILES string of the molecule is CC(C)c1ccc([C@H](C)NC(=O)NCCNC(=O)c2ccco2)cc1. The smallest absolute Gasteiger partial charge is 0.315 e. The van der Waals surface area contributed by atoms with E-state index in [9.17, 15) is 9.59 Å². The molecule has 0 radical (unpaired) electrons. The lowest BCUT2D eigenvalue weighted by Gasteiger charge is -2.16. The van der Waals surface area contributed by atoms with Gasteiger partial charge in [0.05, 0.1) is 12.3 Å². The Hall–Kier alpha value is -2.76. The van der Waals surface area contributed by atoms with Crippen molar-refractivity contribution in [1.82, 2.24) is 16.0 Å². The van der Waals surface area contributed by atoms with Crippen LogP contribution in [0.3, 0.4) is 0 Å². The summed E-state index contributed by atoms with van der Waals surface area (Å²) in [5.74, 6) is 0.436. The monoisotopic (exact) mass is 343 g/mol. The van der Waals surface area contributed by atoms with Crippen LogP contribution in [0.5, 0.6) is 0 Å². The molecule has 0 saturated carbocycles. The van der Waals surface area contributed by atoms with Gasteiger partial charge in [-0.3, -0.25) is 4.79 Å². The number of hydrogen-bond donors (Lipinski definition) is 3. The number of nitrogens with one attached hydrogen (secondary N) is 3. The molecule has 1 heterocycles. The Morgan fingerprint density at radius 1 is 0.960 bits per heavy atom. The fourth-order valence-corrected chi connectivity index (χ4v) is 2.35. The van der Waals surface area contributed by atoms with Gasteiger partial charge in [0.25, 0.3) is 5.91 Å². The minimum atomic E-state index is -0.300. The van der Waals surface area contributed by atoms with Crippen molar-refractivity contribution in [2.75, 3.05) is 13.1 Å². The predicted octanol–water partition coefficient (Wildman–Crippen LogP) is 3.19. The van der Waals surface area contributed by atoms with Crippen LogP contribution in [0, 0.1) is 0 Å². The van der Waals surface area contributed by atoms with E-state index in [0.717, 1.165) is 5.56 Å². The minimum Gasteiger partial charge on any atom is -0.459 e. The zero-order valence-electron chi connectivity index (χ0n) is 14.8. The van der Waals surface area contributed by atoms with Gasteiger partial charge in [-0.2, -0.15) is 0 Å². The third kappa shape index (κ3) is 5.67. The fourth-order valence-electron chi connectivity index (χ4n) is 2.35. The van der Waals surface area contributed by atoms with E-state index in [1.165, 1.54) is 11.8 Å². The molecule has 0 spiro atoms. The van der Waals surface area contributed by atoms with Gasteiger partial charge in [0.15, 0.2) is 5.76 Å². The van der Waals surface area contributed by atoms with Crippen LogP contribution in [-0.4, -0.2) is 25.0 Å². The van der Waals surface area contributed by atoms with Gasteiger partial charge < -0.3 is 20.4 Å². The first-order valence-electron chi connectivity index (χ1n) is 8.43. The van der Waals surface area contributed by atoms with Crippen molar-refractivity contribution >= 4 is 11.9 Å². The van der Waals surface area contributed by atoms with E-state index in [0.29, 0.717) is 19.0 Å².